The van der Waals surface area contributed by atoms with Gasteiger partial charge < -0.3 is 9.30 Å². The first-order chi connectivity index (χ1) is 11.2. The normalized spacial score (nSPS) is 14.6. The highest BCUT2D eigenvalue weighted by Crippen LogP contribution is 2.23. The van der Waals surface area contributed by atoms with Gasteiger partial charge in [0.25, 0.3) is 5.91 Å². The monoisotopic (exact) mass is 306 g/mol. The number of nitrogens with zero attached hydrogens (tertiary/aromatic N) is 4. The summed E-state index contributed by atoms with van der Waals surface area (Å²) in [7, 11) is 0. The van der Waals surface area contributed by atoms with E-state index in [1.807, 2.05) is 27.6 Å². The number of rotatable bonds is 2. The fourth-order valence-corrected chi connectivity index (χ4v) is 3.02. The number of aryl methyl sites for hydroxylation is 1. The van der Waals surface area contributed by atoms with Gasteiger partial charge in [-0.3, -0.25) is 9.78 Å². The molecule has 4 rings (SSSR count). The van der Waals surface area contributed by atoms with Crippen LogP contribution < -0.4 is 0 Å². The molecule has 5 heteroatoms. The summed E-state index contributed by atoms with van der Waals surface area (Å²) in [5.41, 5.74) is 4.22. The van der Waals surface area contributed by atoms with Crippen molar-refractivity contribution in [3.63, 3.8) is 0 Å². The molecule has 1 aliphatic heterocycles. The number of hydrogen-bond acceptors (Lipinski definition) is 3. The molecular weight excluding hydrogens is 288 g/mol. The smallest absolute Gasteiger partial charge is 0.274 e. The van der Waals surface area contributed by atoms with Gasteiger partial charge in [-0.1, -0.05) is 29.8 Å². The van der Waals surface area contributed by atoms with E-state index in [-0.39, 0.29) is 5.91 Å². The minimum Gasteiger partial charge on any atom is -0.337 e. The van der Waals surface area contributed by atoms with Gasteiger partial charge in [-0.2, -0.15) is 0 Å². The van der Waals surface area contributed by atoms with E-state index in [1.165, 1.54) is 5.56 Å². The van der Waals surface area contributed by atoms with E-state index in [2.05, 4.69) is 29.0 Å². The van der Waals surface area contributed by atoms with Crippen LogP contribution in [0.15, 0.2) is 42.9 Å². The van der Waals surface area contributed by atoms with Crippen LogP contribution >= 0.6 is 0 Å². The van der Waals surface area contributed by atoms with E-state index in [1.54, 1.807) is 12.4 Å². The van der Waals surface area contributed by atoms with Crippen LogP contribution in [0, 0.1) is 6.92 Å². The predicted molar refractivity (Wildman–Crippen MR) is 88.3 cm³/mol. The fraction of sp³-hybridized carbons (Fsp3) is 0.278. The summed E-state index contributed by atoms with van der Waals surface area (Å²) in [6, 6.07) is 8.18. The van der Waals surface area contributed by atoms with E-state index in [9.17, 15) is 4.79 Å². The highest BCUT2D eigenvalue weighted by Gasteiger charge is 2.22. The Morgan fingerprint density at radius 3 is 2.61 bits per heavy atom. The van der Waals surface area contributed by atoms with Gasteiger partial charge in [0.15, 0.2) is 5.65 Å². The number of fused-ring (bicyclic) bond motifs is 1. The van der Waals surface area contributed by atoms with E-state index >= 15 is 0 Å². The van der Waals surface area contributed by atoms with E-state index in [0.29, 0.717) is 5.69 Å². The number of hydrogen-bond donors (Lipinski definition) is 0. The van der Waals surface area contributed by atoms with Gasteiger partial charge in [0.1, 0.15) is 11.4 Å². The minimum absolute atomic E-state index is 0.0149. The number of amides is 1. The van der Waals surface area contributed by atoms with Crippen molar-refractivity contribution < 1.29 is 4.79 Å². The Morgan fingerprint density at radius 1 is 1.13 bits per heavy atom. The van der Waals surface area contributed by atoms with E-state index in [4.69, 9.17) is 0 Å². The Kier molecular flexibility index (Phi) is 3.33. The molecule has 0 spiro atoms. The van der Waals surface area contributed by atoms with Crippen LogP contribution in [0.1, 0.15) is 28.9 Å². The molecule has 1 saturated heterocycles. The lowest BCUT2D eigenvalue weighted by Gasteiger charge is -2.12. The first-order valence-electron chi connectivity index (χ1n) is 7.92. The van der Waals surface area contributed by atoms with Gasteiger partial charge in [-0.25, -0.2) is 4.98 Å². The number of likely N-dealkylation sites (tertiary alicyclic amines) is 1. The molecule has 3 heterocycles. The summed E-state index contributed by atoms with van der Waals surface area (Å²) in [4.78, 5) is 23.4. The number of aromatic nitrogens is 3. The highest BCUT2D eigenvalue weighted by molar-refractivity contribution is 5.93. The molecule has 0 unspecified atom stereocenters. The highest BCUT2D eigenvalue weighted by atomic mass is 16.2. The second-order valence-corrected chi connectivity index (χ2v) is 6.00. The van der Waals surface area contributed by atoms with Gasteiger partial charge in [0.05, 0.1) is 0 Å². The quantitative estimate of drug-likeness (QED) is 0.731. The van der Waals surface area contributed by atoms with Crippen molar-refractivity contribution in [2.24, 2.45) is 0 Å². The lowest BCUT2D eigenvalue weighted by Crippen LogP contribution is -2.27. The Hall–Kier alpha value is -2.69. The number of benzene rings is 1. The molecule has 1 fully saturated rings. The molecule has 0 radical (unpaired) electrons. The Bertz CT molecular complexity index is 860. The first-order valence-corrected chi connectivity index (χ1v) is 7.92. The molecule has 0 bridgehead atoms. The molecule has 5 nitrogen and oxygen atoms in total. The van der Waals surface area contributed by atoms with Crippen molar-refractivity contribution in [2.45, 2.75) is 19.8 Å². The summed E-state index contributed by atoms with van der Waals surface area (Å²) in [6.07, 6.45) is 7.54. The summed E-state index contributed by atoms with van der Waals surface area (Å²) in [5.74, 6) is 0.0149. The van der Waals surface area contributed by atoms with Gasteiger partial charge in [0.2, 0.25) is 0 Å². The molecule has 0 N–H and O–H groups in total. The first kappa shape index (κ1) is 13.9. The largest absolute Gasteiger partial charge is 0.337 e. The van der Waals surface area contributed by atoms with Crippen LogP contribution in [0.3, 0.4) is 0 Å². The van der Waals surface area contributed by atoms with Crippen LogP contribution in [0.5, 0.6) is 0 Å². The fourth-order valence-electron chi connectivity index (χ4n) is 3.02. The van der Waals surface area contributed by atoms with Crippen LogP contribution in [0.25, 0.3) is 16.9 Å². The van der Waals surface area contributed by atoms with Crippen molar-refractivity contribution in [2.75, 3.05) is 13.1 Å². The third-order valence-electron chi connectivity index (χ3n) is 4.31. The average Bonchev–Trinajstić information content (AvgIpc) is 3.24. The molecule has 23 heavy (non-hydrogen) atoms. The average molecular weight is 306 g/mol. The molecule has 3 aromatic rings. The molecule has 1 aliphatic rings. The lowest BCUT2D eigenvalue weighted by molar-refractivity contribution is 0.0787. The van der Waals surface area contributed by atoms with Crippen LogP contribution in [-0.2, 0) is 0 Å². The maximum Gasteiger partial charge on any atom is 0.274 e. The maximum atomic E-state index is 12.5. The van der Waals surface area contributed by atoms with Crippen molar-refractivity contribution >= 4 is 11.6 Å². The summed E-state index contributed by atoms with van der Waals surface area (Å²) in [5, 5.41) is 0. The summed E-state index contributed by atoms with van der Waals surface area (Å²) < 4.78 is 1.88. The standard InChI is InChI=1S/C18H18N4O/c1-13-4-6-14(7-5-13)16-17-20-15(12-22(17)11-8-19-16)18(23)21-9-2-3-10-21/h4-8,11-12H,2-3,9-10H2,1H3. The maximum absolute atomic E-state index is 12.5. The lowest BCUT2D eigenvalue weighted by atomic mass is 10.1. The zero-order chi connectivity index (χ0) is 15.8. The van der Waals surface area contributed by atoms with Gasteiger partial charge in [-0.05, 0) is 19.8 Å². The summed E-state index contributed by atoms with van der Waals surface area (Å²) >= 11 is 0. The van der Waals surface area contributed by atoms with Crippen molar-refractivity contribution in [1.82, 2.24) is 19.3 Å². The molecule has 1 amide bonds. The SMILES string of the molecule is Cc1ccc(-c2nccn3cc(C(=O)N4CCCC4)nc23)cc1. The van der Waals surface area contributed by atoms with Crippen LogP contribution in [-0.4, -0.2) is 38.3 Å². The Labute approximate surface area is 134 Å². The third-order valence-corrected chi connectivity index (χ3v) is 4.31. The number of imidazole rings is 1. The molecule has 0 atom stereocenters. The Balaban J connectivity index is 1.78. The van der Waals surface area contributed by atoms with Crippen molar-refractivity contribution in [3.05, 3.63) is 54.1 Å². The van der Waals surface area contributed by atoms with E-state index < -0.39 is 0 Å². The van der Waals surface area contributed by atoms with Crippen LogP contribution in [0.2, 0.25) is 0 Å². The molecule has 1 aromatic carbocycles. The zero-order valence-corrected chi connectivity index (χ0v) is 13.1. The molecule has 2 aromatic heterocycles. The predicted octanol–water partition coefficient (Wildman–Crippen LogP) is 2.94. The number of carbonyl (C=O) groups is 1. The van der Waals surface area contributed by atoms with Crippen molar-refractivity contribution in [1.29, 1.82) is 0 Å². The Morgan fingerprint density at radius 2 is 1.87 bits per heavy atom. The second kappa shape index (κ2) is 5.50. The molecular formula is C18H18N4O. The topological polar surface area (TPSA) is 50.5 Å². The molecule has 0 saturated carbocycles. The van der Waals surface area contributed by atoms with Gasteiger partial charge >= 0.3 is 0 Å². The molecule has 116 valence electrons. The van der Waals surface area contributed by atoms with Gasteiger partial charge in [-0.15, -0.1) is 0 Å². The number of carbonyl (C=O) groups excluding carboxylic acids is 1. The minimum atomic E-state index is 0.0149. The second-order valence-electron chi connectivity index (χ2n) is 6.00. The van der Waals surface area contributed by atoms with E-state index in [0.717, 1.165) is 42.8 Å². The zero-order valence-electron chi connectivity index (χ0n) is 13.1. The summed E-state index contributed by atoms with van der Waals surface area (Å²) in [6.45, 7) is 3.71. The van der Waals surface area contributed by atoms with Crippen molar-refractivity contribution in [3.8, 4) is 11.3 Å². The van der Waals surface area contributed by atoms with Gasteiger partial charge in [0, 0.05) is 37.2 Å². The van der Waals surface area contributed by atoms with Crippen LogP contribution in [0.4, 0.5) is 0 Å². The molecule has 0 aliphatic carbocycles. The third kappa shape index (κ3) is 2.48.